The lowest BCUT2D eigenvalue weighted by Gasteiger charge is -2.04. The minimum Gasteiger partial charge on any atom is -0.331 e. The Morgan fingerprint density at radius 1 is 1.10 bits per heavy atom. The number of aromatic nitrogens is 1. The van der Waals surface area contributed by atoms with Crippen molar-refractivity contribution in [3.8, 4) is 11.3 Å². The van der Waals surface area contributed by atoms with Crippen LogP contribution in [0.5, 0.6) is 0 Å². The highest BCUT2D eigenvalue weighted by Gasteiger charge is 2.05. The number of nitrogens with one attached hydrogen (secondary N) is 1. The molecule has 1 N–H and O–H groups in total. The van der Waals surface area contributed by atoms with Crippen molar-refractivity contribution in [2.45, 2.75) is 6.92 Å². The number of rotatable bonds is 3. The summed E-state index contributed by atoms with van der Waals surface area (Å²) in [6.45, 7) is 1.99. The molecule has 0 saturated heterocycles. The summed E-state index contributed by atoms with van der Waals surface area (Å²) in [6, 6.07) is 16.1. The second-order valence-electron chi connectivity index (χ2n) is 4.49. The molecule has 0 aliphatic carbocycles. The van der Waals surface area contributed by atoms with E-state index >= 15 is 0 Å². The van der Waals surface area contributed by atoms with Gasteiger partial charge in [0.05, 0.1) is 5.69 Å². The lowest BCUT2D eigenvalue weighted by molar-refractivity contribution is 1.38. The molecule has 3 aromatic rings. The molecule has 0 fully saturated rings. The molecule has 3 rings (SSSR count). The van der Waals surface area contributed by atoms with E-state index in [4.69, 9.17) is 11.6 Å². The van der Waals surface area contributed by atoms with Gasteiger partial charge in [0, 0.05) is 21.7 Å². The summed E-state index contributed by atoms with van der Waals surface area (Å²) in [5, 5.41) is 6.96. The van der Waals surface area contributed by atoms with Gasteiger partial charge in [-0.25, -0.2) is 4.98 Å². The summed E-state index contributed by atoms with van der Waals surface area (Å²) in [5.74, 6) is 0. The molecule has 2 aromatic carbocycles. The first kappa shape index (κ1) is 16.0. The number of nitrogens with zero attached hydrogens (tertiary/aromatic N) is 1. The maximum Gasteiger partial charge on any atom is 0.187 e. The molecule has 0 radical (unpaired) electrons. The van der Waals surface area contributed by atoms with Crippen LogP contribution in [0.15, 0.2) is 53.9 Å². The highest BCUT2D eigenvalue weighted by atomic mass is 79.9. The van der Waals surface area contributed by atoms with Gasteiger partial charge < -0.3 is 5.32 Å². The van der Waals surface area contributed by atoms with Crippen LogP contribution in [0.25, 0.3) is 11.3 Å². The quantitative estimate of drug-likeness (QED) is 0.593. The van der Waals surface area contributed by atoms with Crippen molar-refractivity contribution in [3.05, 3.63) is 64.5 Å². The van der Waals surface area contributed by atoms with Crippen LogP contribution in [0.1, 0.15) is 5.56 Å². The smallest absolute Gasteiger partial charge is 0.187 e. The summed E-state index contributed by atoms with van der Waals surface area (Å²) in [4.78, 5) is 4.59. The molecule has 0 saturated carbocycles. The maximum atomic E-state index is 6.12. The molecule has 0 atom stereocenters. The van der Waals surface area contributed by atoms with E-state index in [-0.39, 0.29) is 17.0 Å². The highest BCUT2D eigenvalue weighted by molar-refractivity contribution is 8.93. The van der Waals surface area contributed by atoms with Crippen LogP contribution < -0.4 is 5.32 Å². The van der Waals surface area contributed by atoms with Crippen LogP contribution in [0.4, 0.5) is 10.8 Å². The minimum absolute atomic E-state index is 0. The topological polar surface area (TPSA) is 24.9 Å². The van der Waals surface area contributed by atoms with Crippen LogP contribution >= 0.6 is 39.9 Å². The van der Waals surface area contributed by atoms with Crippen molar-refractivity contribution in [1.29, 1.82) is 0 Å². The fourth-order valence-electron chi connectivity index (χ4n) is 1.87. The van der Waals surface area contributed by atoms with Gasteiger partial charge in [0.25, 0.3) is 0 Å². The van der Waals surface area contributed by atoms with Gasteiger partial charge in [-0.15, -0.1) is 28.3 Å². The first-order valence-corrected chi connectivity index (χ1v) is 7.52. The molecule has 0 aliphatic heterocycles. The van der Waals surface area contributed by atoms with E-state index in [2.05, 4.69) is 22.4 Å². The number of halogens is 2. The Balaban J connectivity index is 0.00000161. The molecule has 2 nitrogen and oxygen atoms in total. The van der Waals surface area contributed by atoms with Crippen molar-refractivity contribution < 1.29 is 0 Å². The van der Waals surface area contributed by atoms with E-state index in [9.17, 15) is 0 Å². The minimum atomic E-state index is 0. The number of aryl methyl sites for hydroxylation is 1. The zero-order valence-electron chi connectivity index (χ0n) is 11.3. The molecule has 0 bridgehead atoms. The Labute approximate surface area is 143 Å². The third-order valence-corrected chi connectivity index (χ3v) is 4.16. The van der Waals surface area contributed by atoms with Gasteiger partial charge in [0.2, 0.25) is 0 Å². The van der Waals surface area contributed by atoms with Crippen LogP contribution in [0.2, 0.25) is 5.02 Å². The SMILES string of the molecule is Br.Cc1ccc(Nc2nc(-c3ccccc3)cs2)cc1Cl. The Hall–Kier alpha value is -1.36. The summed E-state index contributed by atoms with van der Waals surface area (Å²) in [7, 11) is 0. The molecular weight excluding hydrogens is 368 g/mol. The van der Waals surface area contributed by atoms with E-state index in [0.717, 1.165) is 32.7 Å². The van der Waals surface area contributed by atoms with Crippen LogP contribution in [0.3, 0.4) is 0 Å². The molecule has 0 amide bonds. The molecular formula is C16H14BrClN2S. The lowest BCUT2D eigenvalue weighted by Crippen LogP contribution is -1.90. The van der Waals surface area contributed by atoms with Gasteiger partial charge in [-0.3, -0.25) is 0 Å². The molecule has 1 heterocycles. The first-order valence-electron chi connectivity index (χ1n) is 6.26. The lowest BCUT2D eigenvalue weighted by atomic mass is 10.2. The van der Waals surface area contributed by atoms with E-state index in [1.807, 2.05) is 48.7 Å². The van der Waals surface area contributed by atoms with Crippen molar-refractivity contribution in [1.82, 2.24) is 4.98 Å². The van der Waals surface area contributed by atoms with E-state index < -0.39 is 0 Å². The predicted molar refractivity (Wildman–Crippen MR) is 97.3 cm³/mol. The average molecular weight is 382 g/mol. The number of anilines is 2. The van der Waals surface area contributed by atoms with Gasteiger partial charge in [0.15, 0.2) is 5.13 Å². The highest BCUT2D eigenvalue weighted by Crippen LogP contribution is 2.28. The number of hydrogen-bond donors (Lipinski definition) is 1. The second kappa shape index (κ2) is 7.07. The van der Waals surface area contributed by atoms with Gasteiger partial charge in [-0.1, -0.05) is 48.0 Å². The Kier molecular flexibility index (Phi) is 5.39. The Bertz CT molecular complexity index is 728. The summed E-state index contributed by atoms with van der Waals surface area (Å²) in [5.41, 5.74) is 4.13. The fourth-order valence-corrected chi connectivity index (χ4v) is 2.79. The zero-order valence-corrected chi connectivity index (χ0v) is 14.6. The first-order chi connectivity index (χ1) is 9.72. The Morgan fingerprint density at radius 3 is 2.57 bits per heavy atom. The standard InChI is InChI=1S/C16H13ClN2S.BrH/c1-11-7-8-13(9-14(11)17)18-16-19-15(10-20-16)12-5-3-2-4-6-12;/h2-10H,1H3,(H,18,19);1H. The molecule has 0 spiro atoms. The molecule has 5 heteroatoms. The molecule has 0 aliphatic rings. The van der Waals surface area contributed by atoms with Gasteiger partial charge in [-0.2, -0.15) is 0 Å². The average Bonchev–Trinajstić information content (AvgIpc) is 2.92. The largest absolute Gasteiger partial charge is 0.331 e. The van der Waals surface area contributed by atoms with E-state index in [1.165, 1.54) is 0 Å². The summed E-state index contributed by atoms with van der Waals surface area (Å²) in [6.07, 6.45) is 0. The van der Waals surface area contributed by atoms with Gasteiger partial charge in [-0.05, 0) is 24.6 Å². The van der Waals surface area contributed by atoms with Crippen LogP contribution in [0, 0.1) is 6.92 Å². The van der Waals surface area contributed by atoms with Crippen molar-refractivity contribution >= 4 is 50.7 Å². The van der Waals surface area contributed by atoms with Crippen molar-refractivity contribution in [3.63, 3.8) is 0 Å². The van der Waals surface area contributed by atoms with E-state index in [1.54, 1.807) is 11.3 Å². The van der Waals surface area contributed by atoms with Gasteiger partial charge >= 0.3 is 0 Å². The van der Waals surface area contributed by atoms with Crippen molar-refractivity contribution in [2.24, 2.45) is 0 Å². The van der Waals surface area contributed by atoms with Crippen LogP contribution in [-0.2, 0) is 0 Å². The second-order valence-corrected chi connectivity index (χ2v) is 5.76. The molecule has 21 heavy (non-hydrogen) atoms. The fraction of sp³-hybridized carbons (Fsp3) is 0.0625. The third-order valence-electron chi connectivity index (χ3n) is 3.00. The number of benzene rings is 2. The molecule has 108 valence electrons. The van der Waals surface area contributed by atoms with Gasteiger partial charge in [0.1, 0.15) is 0 Å². The Morgan fingerprint density at radius 2 is 1.86 bits per heavy atom. The van der Waals surface area contributed by atoms with Crippen LogP contribution in [-0.4, -0.2) is 4.98 Å². The summed E-state index contributed by atoms with van der Waals surface area (Å²) >= 11 is 7.71. The molecule has 0 unspecified atom stereocenters. The maximum absolute atomic E-state index is 6.12. The number of thiazole rings is 1. The predicted octanol–water partition coefficient (Wildman–Crippen LogP) is 6.09. The number of hydrogen-bond acceptors (Lipinski definition) is 3. The monoisotopic (exact) mass is 380 g/mol. The molecule has 1 aromatic heterocycles. The van der Waals surface area contributed by atoms with Crippen molar-refractivity contribution in [2.75, 3.05) is 5.32 Å². The zero-order chi connectivity index (χ0) is 13.9. The normalized spacial score (nSPS) is 10.0. The third kappa shape index (κ3) is 3.84. The summed E-state index contributed by atoms with van der Waals surface area (Å²) < 4.78 is 0. The van der Waals surface area contributed by atoms with E-state index in [0.29, 0.717) is 0 Å².